The van der Waals surface area contributed by atoms with Crippen LogP contribution in [0.3, 0.4) is 0 Å². The van der Waals surface area contributed by atoms with Crippen LogP contribution >= 0.6 is 11.6 Å². The Balaban J connectivity index is 1.53. The van der Waals surface area contributed by atoms with Gasteiger partial charge in [-0.05, 0) is 19.3 Å². The van der Waals surface area contributed by atoms with Crippen molar-refractivity contribution in [2.24, 2.45) is 7.05 Å². The molecule has 1 aliphatic heterocycles. The lowest BCUT2D eigenvalue weighted by Gasteiger charge is -2.74. The van der Waals surface area contributed by atoms with E-state index in [0.717, 1.165) is 45.6 Å². The molecular weight excluding hydrogens is 344 g/mol. The van der Waals surface area contributed by atoms with Crippen molar-refractivity contribution < 1.29 is 4.74 Å². The number of fused-ring (bicyclic) bond motifs is 1. The van der Waals surface area contributed by atoms with E-state index in [0.29, 0.717) is 10.8 Å². The van der Waals surface area contributed by atoms with E-state index in [9.17, 15) is 9.59 Å². The molecule has 1 saturated heterocycles. The Bertz CT molecular complexity index is 986. The number of aromatic nitrogens is 3. The van der Waals surface area contributed by atoms with Crippen LogP contribution in [0.15, 0.2) is 21.9 Å². The summed E-state index contributed by atoms with van der Waals surface area (Å²) in [5, 5.41) is 5.16. The number of rotatable bonds is 2. The van der Waals surface area contributed by atoms with Crippen molar-refractivity contribution in [3.05, 3.63) is 38.1 Å². The molecule has 2 bridgehead atoms. The molecule has 4 fully saturated rings. The maximum absolute atomic E-state index is 12.7. The first kappa shape index (κ1) is 15.5. The molecule has 3 heterocycles. The molecule has 132 valence electrons. The molecule has 4 aliphatic rings. The summed E-state index contributed by atoms with van der Waals surface area (Å²) in [6, 6.07) is 1.41. The molecule has 0 radical (unpaired) electrons. The number of morpholine rings is 1. The first-order chi connectivity index (χ1) is 11.9. The minimum absolute atomic E-state index is 0.131. The molecule has 8 heteroatoms. The molecule has 0 amide bonds. The zero-order valence-electron chi connectivity index (χ0n) is 14.0. The van der Waals surface area contributed by atoms with Gasteiger partial charge in [-0.25, -0.2) is 4.68 Å². The van der Waals surface area contributed by atoms with Crippen molar-refractivity contribution >= 4 is 22.4 Å². The molecule has 25 heavy (non-hydrogen) atoms. The highest BCUT2D eigenvalue weighted by molar-refractivity contribution is 6.34. The number of hydrogen-bond donors (Lipinski definition) is 0. The highest BCUT2D eigenvalue weighted by Crippen LogP contribution is 2.67. The molecule has 0 atom stereocenters. The summed E-state index contributed by atoms with van der Waals surface area (Å²) in [5.41, 5.74) is -0.339. The maximum Gasteiger partial charge on any atom is 0.274 e. The topological polar surface area (TPSA) is 69.4 Å². The van der Waals surface area contributed by atoms with E-state index < -0.39 is 0 Å². The molecule has 3 aliphatic carbocycles. The smallest absolute Gasteiger partial charge is 0.274 e. The third-order valence-electron chi connectivity index (χ3n) is 6.21. The van der Waals surface area contributed by atoms with Crippen LogP contribution in [0.25, 0.3) is 10.8 Å². The van der Waals surface area contributed by atoms with Crippen molar-refractivity contribution in [2.75, 3.05) is 26.3 Å². The van der Waals surface area contributed by atoms with Gasteiger partial charge in [-0.15, -0.1) is 0 Å². The number of nitrogens with zero attached hydrogens (tertiary/aromatic N) is 4. The van der Waals surface area contributed by atoms with Gasteiger partial charge in [-0.3, -0.25) is 14.5 Å². The largest absolute Gasteiger partial charge is 0.379 e. The molecule has 7 nitrogen and oxygen atoms in total. The quantitative estimate of drug-likeness (QED) is 0.787. The average Bonchev–Trinajstić information content (AvgIpc) is 2.52. The lowest BCUT2D eigenvalue weighted by molar-refractivity contribution is -0.221. The molecule has 6 rings (SSSR count). The summed E-state index contributed by atoms with van der Waals surface area (Å²) in [4.78, 5) is 27.4. The van der Waals surface area contributed by atoms with Gasteiger partial charge < -0.3 is 9.30 Å². The van der Waals surface area contributed by atoms with Crippen LogP contribution in [-0.2, 0) is 17.3 Å². The fraction of sp³-hybridized carbons (Fsp3) is 0.588. The fourth-order valence-electron chi connectivity index (χ4n) is 4.96. The summed E-state index contributed by atoms with van der Waals surface area (Å²) in [5.74, 6) is 0. The predicted molar refractivity (Wildman–Crippen MR) is 93.2 cm³/mol. The summed E-state index contributed by atoms with van der Waals surface area (Å²) >= 11 is 6.22. The molecular formula is C17H19ClN4O3. The van der Waals surface area contributed by atoms with Crippen LogP contribution in [0.4, 0.5) is 0 Å². The first-order valence-corrected chi connectivity index (χ1v) is 8.95. The van der Waals surface area contributed by atoms with Gasteiger partial charge >= 0.3 is 0 Å². The van der Waals surface area contributed by atoms with Gasteiger partial charge in [0.1, 0.15) is 0 Å². The van der Waals surface area contributed by atoms with Crippen LogP contribution in [0.1, 0.15) is 19.3 Å². The Morgan fingerprint density at radius 1 is 1.12 bits per heavy atom. The zero-order valence-corrected chi connectivity index (χ0v) is 14.8. The van der Waals surface area contributed by atoms with E-state index in [2.05, 4.69) is 10.00 Å². The summed E-state index contributed by atoms with van der Waals surface area (Å²) in [7, 11) is 1.53. The highest BCUT2D eigenvalue weighted by Gasteiger charge is 2.71. The number of pyridine rings is 1. The molecule has 0 aromatic carbocycles. The molecule has 0 spiro atoms. The monoisotopic (exact) mass is 362 g/mol. The summed E-state index contributed by atoms with van der Waals surface area (Å²) in [6.45, 7) is 3.51. The van der Waals surface area contributed by atoms with Gasteiger partial charge in [0.2, 0.25) is 0 Å². The third kappa shape index (κ3) is 1.97. The Morgan fingerprint density at radius 3 is 2.48 bits per heavy atom. The van der Waals surface area contributed by atoms with Crippen LogP contribution < -0.4 is 11.1 Å². The Labute approximate surface area is 148 Å². The Hall–Kier alpha value is -1.70. The van der Waals surface area contributed by atoms with Crippen molar-refractivity contribution in [1.82, 2.24) is 19.2 Å². The van der Waals surface area contributed by atoms with Crippen LogP contribution in [-0.4, -0.2) is 51.1 Å². The second-order valence-corrected chi connectivity index (χ2v) is 7.97. The van der Waals surface area contributed by atoms with Crippen LogP contribution in [0.2, 0.25) is 5.15 Å². The molecule has 2 aromatic heterocycles. The third-order valence-corrected chi connectivity index (χ3v) is 6.48. The molecule has 0 N–H and O–H groups in total. The lowest BCUT2D eigenvalue weighted by atomic mass is 9.43. The number of hydrogen-bond acceptors (Lipinski definition) is 5. The summed E-state index contributed by atoms with van der Waals surface area (Å²) in [6.07, 6.45) is 4.65. The van der Waals surface area contributed by atoms with E-state index in [1.54, 1.807) is 10.8 Å². The lowest BCUT2D eigenvalue weighted by Crippen LogP contribution is -2.80. The SMILES string of the molecule is Cn1nc(Cl)c2cn(C34CC(N5CCOCC5)(C3)C4)c(=O)cc2c1=O. The van der Waals surface area contributed by atoms with Crippen molar-refractivity contribution in [2.45, 2.75) is 30.3 Å². The van der Waals surface area contributed by atoms with Gasteiger partial charge in [-0.2, -0.15) is 5.10 Å². The van der Waals surface area contributed by atoms with Crippen LogP contribution in [0, 0.1) is 0 Å². The van der Waals surface area contributed by atoms with Crippen molar-refractivity contribution in [3.63, 3.8) is 0 Å². The predicted octanol–water partition coefficient (Wildman–Crippen LogP) is 0.712. The molecule has 2 aromatic rings. The van der Waals surface area contributed by atoms with E-state index in [1.165, 1.54) is 17.8 Å². The normalized spacial score (nSPS) is 31.6. The minimum atomic E-state index is -0.300. The van der Waals surface area contributed by atoms with E-state index in [4.69, 9.17) is 16.3 Å². The second kappa shape index (κ2) is 4.93. The number of aryl methyl sites for hydroxylation is 1. The van der Waals surface area contributed by atoms with Crippen molar-refractivity contribution in [3.8, 4) is 0 Å². The Kier molecular flexibility index (Phi) is 3.07. The highest BCUT2D eigenvalue weighted by atomic mass is 35.5. The standard InChI is InChI=1S/C17H19ClN4O3/c1-20-15(24)11-6-13(23)22(7-12(11)14(18)19-20)17-8-16(9-17,10-17)21-2-4-25-5-3-21/h6-7H,2-5,8-10H2,1H3. The van der Waals surface area contributed by atoms with E-state index in [1.807, 2.05) is 0 Å². The van der Waals surface area contributed by atoms with Crippen LogP contribution in [0.5, 0.6) is 0 Å². The zero-order chi connectivity index (χ0) is 17.4. The first-order valence-electron chi connectivity index (χ1n) is 8.57. The number of halogens is 1. The van der Waals surface area contributed by atoms with E-state index in [-0.39, 0.29) is 27.3 Å². The Morgan fingerprint density at radius 2 is 1.80 bits per heavy atom. The maximum atomic E-state index is 12.7. The van der Waals surface area contributed by atoms with Gasteiger partial charge in [0.25, 0.3) is 11.1 Å². The van der Waals surface area contributed by atoms with Gasteiger partial charge in [-0.1, -0.05) is 11.6 Å². The minimum Gasteiger partial charge on any atom is -0.379 e. The average molecular weight is 363 g/mol. The number of ether oxygens (including phenoxy) is 1. The van der Waals surface area contributed by atoms with Gasteiger partial charge in [0.05, 0.1) is 24.1 Å². The van der Waals surface area contributed by atoms with Crippen molar-refractivity contribution in [1.29, 1.82) is 0 Å². The van der Waals surface area contributed by atoms with Gasteiger partial charge in [0.15, 0.2) is 5.15 Å². The summed E-state index contributed by atoms with van der Waals surface area (Å²) < 4.78 is 8.39. The fourth-order valence-corrected chi connectivity index (χ4v) is 5.23. The molecule has 3 saturated carbocycles. The van der Waals surface area contributed by atoms with E-state index >= 15 is 0 Å². The van der Waals surface area contributed by atoms with Gasteiger partial charge in [0, 0.05) is 43.3 Å². The molecule has 0 unspecified atom stereocenters. The second-order valence-electron chi connectivity index (χ2n) is 7.61.